The minimum Gasteiger partial charge on any atom is -0.462 e. The molecule has 1 unspecified atom stereocenters. The summed E-state index contributed by atoms with van der Waals surface area (Å²) in [6, 6.07) is 0. The molecule has 0 amide bonds. The highest BCUT2D eigenvalue weighted by Crippen LogP contribution is 2.17. The van der Waals surface area contributed by atoms with Crippen LogP contribution in [-0.2, 0) is 28.6 Å². The Bertz CT molecular complexity index is 978. The van der Waals surface area contributed by atoms with E-state index < -0.39 is 6.10 Å². The average Bonchev–Trinajstić information content (AvgIpc) is 3.28. The quantitative estimate of drug-likeness (QED) is 0.0262. The van der Waals surface area contributed by atoms with Gasteiger partial charge in [-0.25, -0.2) is 0 Å². The number of ether oxygens (including phenoxy) is 3. The van der Waals surface area contributed by atoms with E-state index in [0.29, 0.717) is 19.3 Å². The standard InChI is InChI=1S/C57H108O6/c1-4-7-10-13-16-19-22-24-26-28-30-32-35-38-41-44-47-50-56(59)62-53-54(52-61-55(58)49-46-43-40-37-34-21-18-15-12-9-6-3)63-57(60)51-48-45-42-39-36-33-31-29-27-25-23-20-17-14-11-8-5-2/h24,26,54H,4-23,25,27-53H2,1-3H3/b26-24-. The molecule has 6 heteroatoms. The van der Waals surface area contributed by atoms with Crippen LogP contribution in [0.2, 0.25) is 0 Å². The molecule has 6 nitrogen and oxygen atoms in total. The topological polar surface area (TPSA) is 78.9 Å². The second-order valence-corrected chi connectivity index (χ2v) is 19.2. The van der Waals surface area contributed by atoms with Gasteiger partial charge in [-0.1, -0.05) is 264 Å². The number of carbonyl (C=O) groups is 3. The van der Waals surface area contributed by atoms with E-state index >= 15 is 0 Å². The maximum atomic E-state index is 12.8. The number of rotatable bonds is 52. The van der Waals surface area contributed by atoms with E-state index in [1.165, 1.54) is 218 Å². The molecule has 0 rings (SSSR count). The van der Waals surface area contributed by atoms with Gasteiger partial charge < -0.3 is 14.2 Å². The van der Waals surface area contributed by atoms with Crippen molar-refractivity contribution < 1.29 is 28.6 Å². The van der Waals surface area contributed by atoms with Crippen molar-refractivity contribution in [1.82, 2.24) is 0 Å². The molecular weight excluding hydrogens is 781 g/mol. The fourth-order valence-corrected chi connectivity index (χ4v) is 8.50. The molecule has 0 radical (unpaired) electrons. The Kier molecular flexibility index (Phi) is 51.2. The molecule has 1 atom stereocenters. The molecular formula is C57H108O6. The van der Waals surface area contributed by atoms with Crippen molar-refractivity contribution in [3.8, 4) is 0 Å². The Morgan fingerprint density at radius 2 is 0.524 bits per heavy atom. The van der Waals surface area contributed by atoms with Crippen LogP contribution < -0.4 is 0 Å². The van der Waals surface area contributed by atoms with Crippen LogP contribution in [0.3, 0.4) is 0 Å². The van der Waals surface area contributed by atoms with Gasteiger partial charge in [-0.15, -0.1) is 0 Å². The summed E-state index contributed by atoms with van der Waals surface area (Å²) >= 11 is 0. The van der Waals surface area contributed by atoms with E-state index in [-0.39, 0.29) is 31.1 Å². The van der Waals surface area contributed by atoms with Crippen LogP contribution in [0.4, 0.5) is 0 Å². The van der Waals surface area contributed by atoms with Gasteiger partial charge in [-0.3, -0.25) is 14.4 Å². The smallest absolute Gasteiger partial charge is 0.306 e. The number of esters is 3. The molecule has 0 saturated carbocycles. The zero-order valence-electron chi connectivity index (χ0n) is 42.6. The van der Waals surface area contributed by atoms with Gasteiger partial charge in [-0.2, -0.15) is 0 Å². The van der Waals surface area contributed by atoms with E-state index in [0.717, 1.165) is 57.8 Å². The van der Waals surface area contributed by atoms with E-state index in [4.69, 9.17) is 14.2 Å². The summed E-state index contributed by atoms with van der Waals surface area (Å²) < 4.78 is 16.8. The maximum absolute atomic E-state index is 12.8. The minimum absolute atomic E-state index is 0.0656. The molecule has 0 aromatic rings. The number of unbranched alkanes of at least 4 members (excludes halogenated alkanes) is 39. The highest BCUT2D eigenvalue weighted by Gasteiger charge is 2.19. The fourth-order valence-electron chi connectivity index (χ4n) is 8.50. The van der Waals surface area contributed by atoms with E-state index in [2.05, 4.69) is 32.9 Å². The van der Waals surface area contributed by atoms with Gasteiger partial charge in [0.1, 0.15) is 13.2 Å². The normalized spacial score (nSPS) is 12.0. The van der Waals surface area contributed by atoms with Crippen molar-refractivity contribution in [2.45, 2.75) is 322 Å². The first-order valence-corrected chi connectivity index (χ1v) is 28.2. The zero-order chi connectivity index (χ0) is 45.8. The fraction of sp³-hybridized carbons (Fsp3) is 0.912. The van der Waals surface area contributed by atoms with Crippen molar-refractivity contribution in [2.75, 3.05) is 13.2 Å². The summed E-state index contributed by atoms with van der Waals surface area (Å²) in [6.07, 6.45) is 59.1. The lowest BCUT2D eigenvalue weighted by atomic mass is 10.0. The lowest BCUT2D eigenvalue weighted by molar-refractivity contribution is -0.167. The van der Waals surface area contributed by atoms with Gasteiger partial charge in [0.25, 0.3) is 0 Å². The summed E-state index contributed by atoms with van der Waals surface area (Å²) in [5.41, 5.74) is 0. The predicted octanol–water partition coefficient (Wildman–Crippen LogP) is 18.5. The summed E-state index contributed by atoms with van der Waals surface area (Å²) in [5, 5.41) is 0. The highest BCUT2D eigenvalue weighted by atomic mass is 16.6. The summed E-state index contributed by atoms with van der Waals surface area (Å²) in [6.45, 7) is 6.68. The lowest BCUT2D eigenvalue weighted by Crippen LogP contribution is -2.30. The molecule has 0 spiro atoms. The van der Waals surface area contributed by atoms with Crippen molar-refractivity contribution in [3.63, 3.8) is 0 Å². The van der Waals surface area contributed by atoms with Crippen LogP contribution in [0, 0.1) is 0 Å². The van der Waals surface area contributed by atoms with Crippen LogP contribution in [-0.4, -0.2) is 37.2 Å². The van der Waals surface area contributed by atoms with Crippen molar-refractivity contribution in [2.24, 2.45) is 0 Å². The van der Waals surface area contributed by atoms with E-state index in [1.807, 2.05) is 0 Å². The molecule has 0 heterocycles. The van der Waals surface area contributed by atoms with Gasteiger partial charge in [0.2, 0.25) is 0 Å². The third kappa shape index (κ3) is 51.0. The van der Waals surface area contributed by atoms with Crippen LogP contribution in [0.25, 0.3) is 0 Å². The number of carbonyl (C=O) groups excluding carboxylic acids is 3. The largest absolute Gasteiger partial charge is 0.462 e. The van der Waals surface area contributed by atoms with Crippen molar-refractivity contribution in [1.29, 1.82) is 0 Å². The number of hydrogen-bond acceptors (Lipinski definition) is 6. The highest BCUT2D eigenvalue weighted by molar-refractivity contribution is 5.71. The first kappa shape index (κ1) is 61.1. The van der Waals surface area contributed by atoms with Crippen molar-refractivity contribution >= 4 is 17.9 Å². The second kappa shape index (κ2) is 52.8. The second-order valence-electron chi connectivity index (χ2n) is 19.2. The molecule has 0 fully saturated rings. The summed E-state index contributed by atoms with van der Waals surface area (Å²) in [7, 11) is 0. The molecule has 0 aliphatic heterocycles. The van der Waals surface area contributed by atoms with Crippen LogP contribution >= 0.6 is 0 Å². The third-order valence-corrected chi connectivity index (χ3v) is 12.8. The Morgan fingerprint density at radius 3 is 0.794 bits per heavy atom. The summed E-state index contributed by atoms with van der Waals surface area (Å²) in [5.74, 6) is -0.849. The third-order valence-electron chi connectivity index (χ3n) is 12.8. The molecule has 0 N–H and O–H groups in total. The molecule has 0 saturated heterocycles. The zero-order valence-corrected chi connectivity index (χ0v) is 42.6. The molecule has 0 aliphatic carbocycles. The van der Waals surface area contributed by atoms with Crippen molar-refractivity contribution in [3.05, 3.63) is 12.2 Å². The molecule has 0 aliphatic rings. The molecule has 0 aromatic carbocycles. The lowest BCUT2D eigenvalue weighted by Gasteiger charge is -2.18. The summed E-state index contributed by atoms with van der Waals surface area (Å²) in [4.78, 5) is 38.0. The van der Waals surface area contributed by atoms with E-state index in [1.54, 1.807) is 0 Å². The van der Waals surface area contributed by atoms with Gasteiger partial charge in [-0.05, 0) is 44.9 Å². The predicted molar refractivity (Wildman–Crippen MR) is 270 cm³/mol. The average molecular weight is 889 g/mol. The van der Waals surface area contributed by atoms with Crippen LogP contribution in [0.1, 0.15) is 316 Å². The number of allylic oxidation sites excluding steroid dienone is 2. The molecule has 372 valence electrons. The van der Waals surface area contributed by atoms with Crippen LogP contribution in [0.15, 0.2) is 12.2 Å². The van der Waals surface area contributed by atoms with Gasteiger partial charge in [0.05, 0.1) is 0 Å². The minimum atomic E-state index is -0.765. The Balaban J connectivity index is 4.29. The monoisotopic (exact) mass is 889 g/mol. The van der Waals surface area contributed by atoms with Gasteiger partial charge >= 0.3 is 17.9 Å². The Morgan fingerprint density at radius 1 is 0.302 bits per heavy atom. The van der Waals surface area contributed by atoms with Crippen LogP contribution in [0.5, 0.6) is 0 Å². The Hall–Kier alpha value is -1.85. The molecule has 63 heavy (non-hydrogen) atoms. The maximum Gasteiger partial charge on any atom is 0.306 e. The SMILES string of the molecule is CCCCCCCC/C=C\CCCCCCCCCC(=O)OCC(COC(=O)CCCCCCCCCCCCC)OC(=O)CCCCCCCCCCCCCCCCCCC. The molecule has 0 bridgehead atoms. The first-order valence-electron chi connectivity index (χ1n) is 28.2. The first-order chi connectivity index (χ1) is 31.0. The molecule has 0 aromatic heterocycles. The Labute approximate surface area is 392 Å². The van der Waals surface area contributed by atoms with Gasteiger partial charge in [0, 0.05) is 19.3 Å². The van der Waals surface area contributed by atoms with E-state index in [9.17, 15) is 14.4 Å². The van der Waals surface area contributed by atoms with Gasteiger partial charge in [0.15, 0.2) is 6.10 Å². The number of hydrogen-bond donors (Lipinski definition) is 0.